The lowest BCUT2D eigenvalue weighted by Gasteiger charge is -2.21. The number of carbonyl (C=O) groups excluding carboxylic acids is 1. The van der Waals surface area contributed by atoms with Crippen molar-refractivity contribution in [2.24, 2.45) is 0 Å². The minimum atomic E-state index is -1.07. The fourth-order valence-corrected chi connectivity index (χ4v) is 1.89. The van der Waals surface area contributed by atoms with E-state index in [1.807, 2.05) is 0 Å². The maximum absolute atomic E-state index is 12.3. The van der Waals surface area contributed by atoms with E-state index in [0.29, 0.717) is 12.2 Å². The Balaban J connectivity index is 2.37. The van der Waals surface area contributed by atoms with E-state index in [2.05, 4.69) is 0 Å². The standard InChI is InChI=1S/C14H14N2O4/c1-2-16(13(17)12-4-3-7-20-12)11-6-5-9(14(18)19)8-10(11)15/h3-8H,2,15H2,1H3,(H,18,19). The average molecular weight is 274 g/mol. The Morgan fingerprint density at radius 1 is 1.35 bits per heavy atom. The van der Waals surface area contributed by atoms with Crippen LogP contribution in [-0.2, 0) is 0 Å². The topological polar surface area (TPSA) is 96.8 Å². The molecular weight excluding hydrogens is 260 g/mol. The quantitative estimate of drug-likeness (QED) is 0.833. The summed E-state index contributed by atoms with van der Waals surface area (Å²) < 4.78 is 5.08. The van der Waals surface area contributed by atoms with Gasteiger partial charge in [0.15, 0.2) is 5.76 Å². The molecule has 0 saturated carbocycles. The number of furan rings is 1. The lowest BCUT2D eigenvalue weighted by atomic mass is 10.1. The largest absolute Gasteiger partial charge is 0.478 e. The van der Waals surface area contributed by atoms with Gasteiger partial charge in [0.1, 0.15) is 0 Å². The molecule has 6 heteroatoms. The maximum atomic E-state index is 12.3. The van der Waals surface area contributed by atoms with Gasteiger partial charge in [-0.15, -0.1) is 0 Å². The molecule has 104 valence electrons. The Morgan fingerprint density at radius 3 is 2.60 bits per heavy atom. The van der Waals surface area contributed by atoms with Crippen LogP contribution in [0.1, 0.15) is 27.8 Å². The number of nitrogens with zero attached hydrogens (tertiary/aromatic N) is 1. The summed E-state index contributed by atoms with van der Waals surface area (Å²) in [7, 11) is 0. The molecule has 2 rings (SSSR count). The first-order valence-electron chi connectivity index (χ1n) is 6.02. The van der Waals surface area contributed by atoms with Crippen molar-refractivity contribution in [3.05, 3.63) is 47.9 Å². The molecule has 0 aliphatic heterocycles. The van der Waals surface area contributed by atoms with Crippen molar-refractivity contribution < 1.29 is 19.1 Å². The van der Waals surface area contributed by atoms with Crippen molar-refractivity contribution >= 4 is 23.3 Å². The number of nitrogen functional groups attached to an aromatic ring is 1. The summed E-state index contributed by atoms with van der Waals surface area (Å²) in [6.07, 6.45) is 1.41. The van der Waals surface area contributed by atoms with Crippen LogP contribution in [0.4, 0.5) is 11.4 Å². The highest BCUT2D eigenvalue weighted by atomic mass is 16.4. The molecule has 20 heavy (non-hydrogen) atoms. The van der Waals surface area contributed by atoms with Crippen LogP contribution in [-0.4, -0.2) is 23.5 Å². The van der Waals surface area contributed by atoms with Crippen LogP contribution in [0, 0.1) is 0 Å². The molecule has 0 aliphatic carbocycles. The van der Waals surface area contributed by atoms with Gasteiger partial charge < -0.3 is 20.2 Å². The zero-order valence-corrected chi connectivity index (χ0v) is 10.9. The first-order valence-corrected chi connectivity index (χ1v) is 6.02. The third-order valence-corrected chi connectivity index (χ3v) is 2.86. The lowest BCUT2D eigenvalue weighted by Crippen LogP contribution is -2.31. The Hall–Kier alpha value is -2.76. The SMILES string of the molecule is CCN(C(=O)c1ccco1)c1ccc(C(=O)O)cc1N. The number of benzene rings is 1. The molecule has 0 bridgehead atoms. The van der Waals surface area contributed by atoms with Crippen LogP contribution in [0.2, 0.25) is 0 Å². The number of nitrogens with two attached hydrogens (primary N) is 1. The highest BCUT2D eigenvalue weighted by molar-refractivity contribution is 6.06. The monoisotopic (exact) mass is 274 g/mol. The Bertz CT molecular complexity index is 635. The van der Waals surface area contributed by atoms with Gasteiger partial charge in [-0.25, -0.2) is 4.79 Å². The number of carboxylic acids is 1. The van der Waals surface area contributed by atoms with Crippen LogP contribution in [0.3, 0.4) is 0 Å². The van der Waals surface area contributed by atoms with E-state index in [-0.39, 0.29) is 22.9 Å². The third-order valence-electron chi connectivity index (χ3n) is 2.86. The zero-order valence-electron chi connectivity index (χ0n) is 10.9. The Labute approximate surface area is 115 Å². The normalized spacial score (nSPS) is 10.2. The molecule has 6 nitrogen and oxygen atoms in total. The van der Waals surface area contributed by atoms with E-state index in [9.17, 15) is 9.59 Å². The number of hydrogen-bond donors (Lipinski definition) is 2. The summed E-state index contributed by atoms with van der Waals surface area (Å²) >= 11 is 0. The molecule has 1 aromatic heterocycles. The van der Waals surface area contributed by atoms with Gasteiger partial charge in [0.2, 0.25) is 0 Å². The van der Waals surface area contributed by atoms with Crippen LogP contribution >= 0.6 is 0 Å². The minimum Gasteiger partial charge on any atom is -0.478 e. The molecule has 0 aliphatic rings. The van der Waals surface area contributed by atoms with Gasteiger partial charge in [-0.1, -0.05) is 0 Å². The predicted molar refractivity (Wildman–Crippen MR) is 73.9 cm³/mol. The van der Waals surface area contributed by atoms with Gasteiger partial charge in [-0.05, 0) is 37.3 Å². The van der Waals surface area contributed by atoms with Crippen LogP contribution in [0.5, 0.6) is 0 Å². The summed E-state index contributed by atoms with van der Waals surface area (Å²) in [6, 6.07) is 7.44. The van der Waals surface area contributed by atoms with E-state index < -0.39 is 5.97 Å². The molecule has 0 spiro atoms. The number of rotatable bonds is 4. The van der Waals surface area contributed by atoms with Crippen molar-refractivity contribution in [1.82, 2.24) is 0 Å². The maximum Gasteiger partial charge on any atom is 0.335 e. The fourth-order valence-electron chi connectivity index (χ4n) is 1.89. The van der Waals surface area contributed by atoms with Gasteiger partial charge in [-0.2, -0.15) is 0 Å². The second-order valence-corrected chi connectivity index (χ2v) is 4.11. The average Bonchev–Trinajstić information content (AvgIpc) is 2.94. The van der Waals surface area contributed by atoms with E-state index in [4.69, 9.17) is 15.3 Å². The van der Waals surface area contributed by atoms with Gasteiger partial charge in [0.05, 0.1) is 23.2 Å². The summed E-state index contributed by atoms with van der Waals surface area (Å²) in [4.78, 5) is 24.6. The minimum absolute atomic E-state index is 0.0766. The Morgan fingerprint density at radius 2 is 2.10 bits per heavy atom. The first kappa shape index (κ1) is 13.7. The number of aromatic carboxylic acids is 1. The van der Waals surface area contributed by atoms with Crippen molar-refractivity contribution in [2.75, 3.05) is 17.2 Å². The summed E-state index contributed by atoms with van der Waals surface area (Å²) in [5.74, 6) is -1.19. The van der Waals surface area contributed by atoms with Crippen LogP contribution in [0.25, 0.3) is 0 Å². The second kappa shape index (κ2) is 5.48. The fraction of sp³-hybridized carbons (Fsp3) is 0.143. The molecule has 3 N–H and O–H groups in total. The predicted octanol–water partition coefficient (Wildman–Crippen LogP) is 2.23. The molecule has 1 aromatic carbocycles. The smallest absolute Gasteiger partial charge is 0.335 e. The molecule has 2 aromatic rings. The van der Waals surface area contributed by atoms with Crippen molar-refractivity contribution in [1.29, 1.82) is 0 Å². The van der Waals surface area contributed by atoms with Gasteiger partial charge in [0.25, 0.3) is 5.91 Å². The van der Waals surface area contributed by atoms with Gasteiger partial charge >= 0.3 is 5.97 Å². The zero-order chi connectivity index (χ0) is 14.7. The highest BCUT2D eigenvalue weighted by Gasteiger charge is 2.20. The first-order chi connectivity index (χ1) is 9.54. The van der Waals surface area contributed by atoms with Crippen molar-refractivity contribution in [3.63, 3.8) is 0 Å². The van der Waals surface area contributed by atoms with Crippen molar-refractivity contribution in [2.45, 2.75) is 6.92 Å². The number of carbonyl (C=O) groups is 2. The molecule has 1 heterocycles. The number of hydrogen-bond acceptors (Lipinski definition) is 4. The van der Waals surface area contributed by atoms with E-state index in [0.717, 1.165) is 0 Å². The van der Waals surface area contributed by atoms with E-state index >= 15 is 0 Å². The number of anilines is 2. The lowest BCUT2D eigenvalue weighted by molar-refractivity contribution is 0.0697. The molecular formula is C14H14N2O4. The number of carboxylic acid groups (broad SMARTS) is 1. The van der Waals surface area contributed by atoms with E-state index in [1.165, 1.54) is 29.4 Å². The van der Waals surface area contributed by atoms with E-state index in [1.54, 1.807) is 19.1 Å². The second-order valence-electron chi connectivity index (χ2n) is 4.11. The highest BCUT2D eigenvalue weighted by Crippen LogP contribution is 2.26. The van der Waals surface area contributed by atoms with Crippen LogP contribution < -0.4 is 10.6 Å². The van der Waals surface area contributed by atoms with Crippen molar-refractivity contribution in [3.8, 4) is 0 Å². The molecule has 0 atom stereocenters. The molecule has 1 amide bonds. The third kappa shape index (κ3) is 2.49. The molecule has 0 unspecified atom stereocenters. The molecule has 0 fully saturated rings. The number of amides is 1. The molecule has 0 radical (unpaired) electrons. The summed E-state index contributed by atoms with van der Waals surface area (Å²) in [6.45, 7) is 2.18. The molecule has 0 saturated heterocycles. The van der Waals surface area contributed by atoms with Gasteiger partial charge in [0, 0.05) is 6.54 Å². The Kier molecular flexibility index (Phi) is 3.74. The summed E-state index contributed by atoms with van der Waals surface area (Å²) in [5.41, 5.74) is 6.60. The summed E-state index contributed by atoms with van der Waals surface area (Å²) in [5, 5.41) is 8.90. The van der Waals surface area contributed by atoms with Crippen LogP contribution in [0.15, 0.2) is 41.0 Å². The van der Waals surface area contributed by atoms with Gasteiger partial charge in [-0.3, -0.25) is 4.79 Å².